The Morgan fingerprint density at radius 1 is 1.48 bits per heavy atom. The van der Waals surface area contributed by atoms with Crippen LogP contribution in [0.3, 0.4) is 0 Å². The zero-order valence-electron chi connectivity index (χ0n) is 11.8. The van der Waals surface area contributed by atoms with Crippen molar-refractivity contribution < 1.29 is 17.9 Å². The highest BCUT2D eigenvalue weighted by atomic mass is 35.5. The van der Waals surface area contributed by atoms with Crippen molar-refractivity contribution in [2.75, 3.05) is 26.7 Å². The van der Waals surface area contributed by atoms with Crippen molar-refractivity contribution in [3.8, 4) is 0 Å². The SMILES string of the molecule is CCN(C1CNC1)S(=O)(=O)c1cc(C(=O)OC)ccc1Cl. The summed E-state index contributed by atoms with van der Waals surface area (Å²) in [5.41, 5.74) is 0.156. The molecule has 1 aliphatic rings. The first-order valence-electron chi connectivity index (χ1n) is 6.52. The Kier molecular flexibility index (Phi) is 4.88. The van der Waals surface area contributed by atoms with Crippen molar-refractivity contribution in [2.24, 2.45) is 0 Å². The summed E-state index contributed by atoms with van der Waals surface area (Å²) in [6, 6.07) is 4.01. The van der Waals surface area contributed by atoms with E-state index in [-0.39, 0.29) is 21.5 Å². The Balaban J connectivity index is 2.45. The van der Waals surface area contributed by atoms with Gasteiger partial charge in [0.05, 0.1) is 23.7 Å². The standard InChI is InChI=1S/C13H17ClN2O4S/c1-3-16(10-7-15-8-10)21(18,19)12-6-9(13(17)20-2)4-5-11(12)14/h4-6,10,15H,3,7-8H2,1-2H3. The van der Waals surface area contributed by atoms with Crippen LogP contribution in [0.2, 0.25) is 5.02 Å². The zero-order chi connectivity index (χ0) is 15.6. The average Bonchev–Trinajstić information content (AvgIpc) is 2.41. The fourth-order valence-corrected chi connectivity index (χ4v) is 4.31. The summed E-state index contributed by atoms with van der Waals surface area (Å²) in [5, 5.41) is 3.13. The number of sulfonamides is 1. The van der Waals surface area contributed by atoms with Crippen LogP contribution in [0, 0.1) is 0 Å². The normalized spacial score (nSPS) is 15.8. The molecule has 21 heavy (non-hydrogen) atoms. The van der Waals surface area contributed by atoms with Gasteiger partial charge in [0, 0.05) is 19.6 Å². The predicted octanol–water partition coefficient (Wildman–Crippen LogP) is 1.11. The first-order chi connectivity index (χ1) is 9.91. The fourth-order valence-electron chi connectivity index (χ4n) is 2.17. The van der Waals surface area contributed by atoms with Gasteiger partial charge in [-0.15, -0.1) is 0 Å². The van der Waals surface area contributed by atoms with E-state index in [0.717, 1.165) is 0 Å². The first-order valence-corrected chi connectivity index (χ1v) is 8.34. The summed E-state index contributed by atoms with van der Waals surface area (Å²) in [6.07, 6.45) is 0. The number of benzene rings is 1. The Bertz CT molecular complexity index is 644. The molecule has 0 bridgehead atoms. The Morgan fingerprint density at radius 3 is 2.62 bits per heavy atom. The van der Waals surface area contributed by atoms with Gasteiger partial charge in [-0.25, -0.2) is 13.2 Å². The fraction of sp³-hybridized carbons (Fsp3) is 0.462. The van der Waals surface area contributed by atoms with E-state index in [0.29, 0.717) is 19.6 Å². The lowest BCUT2D eigenvalue weighted by atomic mass is 10.2. The van der Waals surface area contributed by atoms with Crippen LogP contribution in [0.5, 0.6) is 0 Å². The minimum Gasteiger partial charge on any atom is -0.465 e. The topological polar surface area (TPSA) is 75.7 Å². The van der Waals surface area contributed by atoms with Crippen molar-refractivity contribution in [3.05, 3.63) is 28.8 Å². The number of carbonyl (C=O) groups excluding carboxylic acids is 1. The van der Waals surface area contributed by atoms with Gasteiger partial charge in [-0.1, -0.05) is 18.5 Å². The van der Waals surface area contributed by atoms with Crippen molar-refractivity contribution >= 4 is 27.6 Å². The van der Waals surface area contributed by atoms with Crippen molar-refractivity contribution in [1.29, 1.82) is 0 Å². The first kappa shape index (κ1) is 16.2. The molecule has 1 aromatic rings. The monoisotopic (exact) mass is 332 g/mol. The number of nitrogens with one attached hydrogen (secondary N) is 1. The molecule has 0 aliphatic carbocycles. The number of rotatable bonds is 5. The summed E-state index contributed by atoms with van der Waals surface area (Å²) in [6.45, 7) is 3.34. The smallest absolute Gasteiger partial charge is 0.337 e. The molecule has 1 heterocycles. The van der Waals surface area contributed by atoms with Crippen LogP contribution in [0.25, 0.3) is 0 Å². The summed E-state index contributed by atoms with van der Waals surface area (Å²) in [5.74, 6) is -0.600. The molecule has 116 valence electrons. The number of carbonyl (C=O) groups is 1. The lowest BCUT2D eigenvalue weighted by molar-refractivity contribution is 0.0600. The van der Waals surface area contributed by atoms with E-state index >= 15 is 0 Å². The maximum atomic E-state index is 12.7. The van der Waals surface area contributed by atoms with Crippen LogP contribution >= 0.6 is 11.6 Å². The molecule has 1 N–H and O–H groups in total. The van der Waals surface area contributed by atoms with Crippen LogP contribution in [0.15, 0.2) is 23.1 Å². The van der Waals surface area contributed by atoms with Gasteiger partial charge in [0.15, 0.2) is 0 Å². The van der Waals surface area contributed by atoms with E-state index in [4.69, 9.17) is 11.6 Å². The second kappa shape index (κ2) is 6.31. The molecule has 1 saturated heterocycles. The summed E-state index contributed by atoms with van der Waals surface area (Å²) in [4.78, 5) is 11.5. The number of halogens is 1. The van der Waals surface area contributed by atoms with Gasteiger partial charge in [0.1, 0.15) is 4.90 Å². The van der Waals surface area contributed by atoms with E-state index in [9.17, 15) is 13.2 Å². The van der Waals surface area contributed by atoms with E-state index in [1.165, 1.54) is 29.6 Å². The highest BCUT2D eigenvalue weighted by Crippen LogP contribution is 2.28. The molecule has 2 rings (SSSR count). The minimum absolute atomic E-state index is 0.0687. The lowest BCUT2D eigenvalue weighted by Gasteiger charge is -2.36. The van der Waals surface area contributed by atoms with E-state index in [2.05, 4.69) is 10.1 Å². The van der Waals surface area contributed by atoms with Crippen molar-refractivity contribution in [2.45, 2.75) is 17.9 Å². The highest BCUT2D eigenvalue weighted by Gasteiger charge is 2.35. The molecule has 0 radical (unpaired) electrons. The van der Waals surface area contributed by atoms with Gasteiger partial charge in [0.25, 0.3) is 0 Å². The molecule has 1 aromatic carbocycles. The van der Waals surface area contributed by atoms with Crippen LogP contribution < -0.4 is 5.32 Å². The maximum Gasteiger partial charge on any atom is 0.337 e. The summed E-state index contributed by atoms with van der Waals surface area (Å²) < 4.78 is 31.5. The number of ether oxygens (including phenoxy) is 1. The van der Waals surface area contributed by atoms with E-state index < -0.39 is 16.0 Å². The molecule has 0 amide bonds. The molecule has 0 aromatic heterocycles. The molecule has 1 aliphatic heterocycles. The third-order valence-corrected chi connectivity index (χ3v) is 5.93. The molecule has 0 saturated carbocycles. The quantitative estimate of drug-likeness (QED) is 0.817. The number of hydrogen-bond donors (Lipinski definition) is 1. The average molecular weight is 333 g/mol. The summed E-state index contributed by atoms with van der Waals surface area (Å²) in [7, 11) is -2.51. The van der Waals surface area contributed by atoms with Gasteiger partial charge in [-0.2, -0.15) is 4.31 Å². The third-order valence-electron chi connectivity index (χ3n) is 3.42. The zero-order valence-corrected chi connectivity index (χ0v) is 13.4. The van der Waals surface area contributed by atoms with E-state index in [1.807, 2.05) is 0 Å². The van der Waals surface area contributed by atoms with Crippen LogP contribution in [-0.4, -0.2) is 51.5 Å². The van der Waals surface area contributed by atoms with Gasteiger partial charge >= 0.3 is 5.97 Å². The number of hydrogen-bond acceptors (Lipinski definition) is 5. The molecular formula is C13H17ClN2O4S. The highest BCUT2D eigenvalue weighted by molar-refractivity contribution is 7.89. The largest absolute Gasteiger partial charge is 0.465 e. The van der Waals surface area contributed by atoms with Crippen LogP contribution in [0.1, 0.15) is 17.3 Å². The van der Waals surface area contributed by atoms with E-state index in [1.54, 1.807) is 6.92 Å². The minimum atomic E-state index is -3.75. The van der Waals surface area contributed by atoms with Gasteiger partial charge in [-0.3, -0.25) is 0 Å². The molecule has 0 unspecified atom stereocenters. The Morgan fingerprint density at radius 2 is 2.14 bits per heavy atom. The molecule has 6 nitrogen and oxygen atoms in total. The maximum absolute atomic E-state index is 12.7. The molecule has 0 spiro atoms. The Hall–Kier alpha value is -1.15. The number of esters is 1. The van der Waals surface area contributed by atoms with Crippen molar-refractivity contribution in [1.82, 2.24) is 9.62 Å². The molecule has 0 atom stereocenters. The molecule has 1 fully saturated rings. The second-order valence-electron chi connectivity index (χ2n) is 4.66. The van der Waals surface area contributed by atoms with Gasteiger partial charge < -0.3 is 10.1 Å². The number of likely N-dealkylation sites (N-methyl/N-ethyl adjacent to an activating group) is 1. The lowest BCUT2D eigenvalue weighted by Crippen LogP contribution is -2.58. The van der Waals surface area contributed by atoms with Gasteiger partial charge in [-0.05, 0) is 18.2 Å². The second-order valence-corrected chi connectivity index (χ2v) is 6.92. The number of methoxy groups -OCH3 is 1. The summed E-state index contributed by atoms with van der Waals surface area (Å²) >= 11 is 6.02. The Labute approximate surface area is 129 Å². The molecular weight excluding hydrogens is 316 g/mol. The predicted molar refractivity (Wildman–Crippen MR) is 79.0 cm³/mol. The van der Waals surface area contributed by atoms with Gasteiger partial charge in [0.2, 0.25) is 10.0 Å². The third kappa shape index (κ3) is 3.06. The number of nitrogens with zero attached hydrogens (tertiary/aromatic N) is 1. The molecule has 8 heteroatoms. The van der Waals surface area contributed by atoms with Crippen LogP contribution in [0.4, 0.5) is 0 Å². The van der Waals surface area contributed by atoms with Crippen molar-refractivity contribution in [3.63, 3.8) is 0 Å². The van der Waals surface area contributed by atoms with Crippen LogP contribution in [-0.2, 0) is 14.8 Å².